The van der Waals surface area contributed by atoms with Crippen molar-refractivity contribution in [3.05, 3.63) is 33.3 Å². The van der Waals surface area contributed by atoms with Crippen molar-refractivity contribution in [2.24, 2.45) is 11.1 Å². The van der Waals surface area contributed by atoms with Gasteiger partial charge in [-0.25, -0.2) is 0 Å². The van der Waals surface area contributed by atoms with Crippen LogP contribution in [0.3, 0.4) is 0 Å². The van der Waals surface area contributed by atoms with Crippen molar-refractivity contribution in [3.63, 3.8) is 0 Å². The average molecular weight is 305 g/mol. The molecule has 1 fully saturated rings. The Kier molecular flexibility index (Phi) is 3.59. The molecule has 1 unspecified atom stereocenters. The van der Waals surface area contributed by atoms with Crippen LogP contribution in [0, 0.1) is 5.41 Å². The molecule has 1 atom stereocenters. The minimum absolute atomic E-state index is 0.129. The molecule has 1 aliphatic carbocycles. The Balaban J connectivity index is 2.29. The van der Waals surface area contributed by atoms with Crippen LogP contribution in [-0.2, 0) is 0 Å². The lowest BCUT2D eigenvalue weighted by Gasteiger charge is -2.45. The second-order valence-corrected chi connectivity index (χ2v) is 5.78. The summed E-state index contributed by atoms with van der Waals surface area (Å²) in [5.41, 5.74) is 6.54. The summed E-state index contributed by atoms with van der Waals surface area (Å²) in [6.45, 7) is 0.531. The molecule has 16 heavy (non-hydrogen) atoms. The third kappa shape index (κ3) is 2.02. The molecule has 1 aromatic carbocycles. The van der Waals surface area contributed by atoms with Crippen molar-refractivity contribution in [2.45, 2.75) is 25.4 Å². The Morgan fingerprint density at radius 2 is 2.19 bits per heavy atom. The van der Waals surface area contributed by atoms with Gasteiger partial charge in [0.25, 0.3) is 0 Å². The average Bonchev–Trinajstić information content (AvgIpc) is 2.16. The molecule has 2 nitrogen and oxygen atoms in total. The molecule has 2 rings (SSSR count). The van der Waals surface area contributed by atoms with E-state index in [0.717, 1.165) is 29.3 Å². The largest absolute Gasteiger partial charge is 0.388 e. The van der Waals surface area contributed by atoms with Gasteiger partial charge in [-0.3, -0.25) is 0 Å². The van der Waals surface area contributed by atoms with Gasteiger partial charge in [0.15, 0.2) is 0 Å². The number of aliphatic hydroxyl groups is 1. The highest BCUT2D eigenvalue weighted by Crippen LogP contribution is 2.50. The number of nitrogens with two attached hydrogens (primary N) is 1. The lowest BCUT2D eigenvalue weighted by molar-refractivity contribution is -0.0301. The summed E-state index contributed by atoms with van der Waals surface area (Å²) in [5.74, 6) is 0. The topological polar surface area (TPSA) is 46.2 Å². The predicted molar refractivity (Wildman–Crippen MR) is 69.5 cm³/mol. The fraction of sp³-hybridized carbons (Fsp3) is 0.500. The summed E-state index contributed by atoms with van der Waals surface area (Å²) in [5, 5.41) is 11.1. The van der Waals surface area contributed by atoms with Gasteiger partial charge in [-0.1, -0.05) is 40.0 Å². The summed E-state index contributed by atoms with van der Waals surface area (Å²) in [7, 11) is 0. The van der Waals surface area contributed by atoms with Gasteiger partial charge in [-0.2, -0.15) is 0 Å². The van der Waals surface area contributed by atoms with E-state index in [1.165, 1.54) is 0 Å². The minimum atomic E-state index is -0.502. The smallest absolute Gasteiger partial charge is 0.0869 e. The van der Waals surface area contributed by atoms with E-state index in [4.69, 9.17) is 17.3 Å². The van der Waals surface area contributed by atoms with Crippen molar-refractivity contribution in [2.75, 3.05) is 6.54 Å². The van der Waals surface area contributed by atoms with Crippen LogP contribution in [0.5, 0.6) is 0 Å². The van der Waals surface area contributed by atoms with Crippen LogP contribution >= 0.6 is 27.5 Å². The molecule has 1 saturated carbocycles. The first-order valence-electron chi connectivity index (χ1n) is 5.42. The van der Waals surface area contributed by atoms with Crippen LogP contribution in [0.15, 0.2) is 22.7 Å². The van der Waals surface area contributed by atoms with Crippen LogP contribution in [0.2, 0.25) is 5.02 Å². The normalized spacial score (nSPS) is 20.2. The van der Waals surface area contributed by atoms with E-state index in [1.807, 2.05) is 12.1 Å². The van der Waals surface area contributed by atoms with E-state index in [0.29, 0.717) is 11.6 Å². The first kappa shape index (κ1) is 12.4. The maximum atomic E-state index is 10.4. The molecule has 0 heterocycles. The number of rotatable bonds is 3. The van der Waals surface area contributed by atoms with E-state index in [-0.39, 0.29) is 5.41 Å². The second kappa shape index (κ2) is 4.65. The lowest BCUT2D eigenvalue weighted by atomic mass is 9.63. The van der Waals surface area contributed by atoms with Crippen LogP contribution in [-0.4, -0.2) is 11.7 Å². The van der Waals surface area contributed by atoms with Gasteiger partial charge in [0.05, 0.1) is 6.10 Å². The maximum Gasteiger partial charge on any atom is 0.0869 e. The Labute approximate surface area is 109 Å². The molecule has 0 spiro atoms. The first-order valence-corrected chi connectivity index (χ1v) is 6.59. The SMILES string of the molecule is NCC1(C(O)c2ccc(Cl)cc2Br)CCC1. The quantitative estimate of drug-likeness (QED) is 0.900. The standard InChI is InChI=1S/C12H15BrClNO/c13-10-6-8(14)2-3-9(10)11(16)12(7-15)4-1-5-12/h2-3,6,11,16H,1,4-5,7,15H2. The van der Waals surface area contributed by atoms with Gasteiger partial charge in [-0.05, 0) is 30.5 Å². The molecule has 1 aromatic rings. The van der Waals surface area contributed by atoms with Crippen molar-refractivity contribution >= 4 is 27.5 Å². The molecular formula is C12H15BrClNO. The molecule has 4 heteroatoms. The summed E-state index contributed by atoms with van der Waals surface area (Å²) < 4.78 is 0.854. The molecule has 88 valence electrons. The zero-order chi connectivity index (χ0) is 11.8. The molecule has 0 bridgehead atoms. The number of hydrogen-bond donors (Lipinski definition) is 2. The number of benzene rings is 1. The Morgan fingerprint density at radius 3 is 2.62 bits per heavy atom. The Morgan fingerprint density at radius 1 is 1.50 bits per heavy atom. The molecule has 0 aliphatic heterocycles. The zero-order valence-corrected chi connectivity index (χ0v) is 11.3. The number of hydrogen-bond acceptors (Lipinski definition) is 2. The fourth-order valence-corrected chi connectivity index (χ4v) is 3.17. The van der Waals surface area contributed by atoms with Crippen molar-refractivity contribution in [1.29, 1.82) is 0 Å². The molecule has 0 radical (unpaired) electrons. The highest BCUT2D eigenvalue weighted by molar-refractivity contribution is 9.10. The minimum Gasteiger partial charge on any atom is -0.388 e. The molecule has 0 saturated heterocycles. The molecular weight excluding hydrogens is 289 g/mol. The van der Waals surface area contributed by atoms with Gasteiger partial charge >= 0.3 is 0 Å². The zero-order valence-electron chi connectivity index (χ0n) is 8.92. The third-order valence-corrected chi connectivity index (χ3v) is 4.51. The number of aliphatic hydroxyl groups excluding tert-OH is 1. The lowest BCUT2D eigenvalue weighted by Crippen LogP contribution is -2.42. The molecule has 0 aromatic heterocycles. The van der Waals surface area contributed by atoms with Crippen molar-refractivity contribution < 1.29 is 5.11 Å². The summed E-state index contributed by atoms with van der Waals surface area (Å²) in [4.78, 5) is 0. The highest BCUT2D eigenvalue weighted by Gasteiger charge is 2.43. The van der Waals surface area contributed by atoms with Crippen LogP contribution in [0.1, 0.15) is 30.9 Å². The highest BCUT2D eigenvalue weighted by atomic mass is 79.9. The van der Waals surface area contributed by atoms with E-state index in [2.05, 4.69) is 15.9 Å². The second-order valence-electron chi connectivity index (χ2n) is 4.49. The predicted octanol–water partition coefficient (Wildman–Crippen LogP) is 3.26. The van der Waals surface area contributed by atoms with Gasteiger partial charge in [0.2, 0.25) is 0 Å². The van der Waals surface area contributed by atoms with E-state index < -0.39 is 6.10 Å². The number of halogens is 2. The van der Waals surface area contributed by atoms with Crippen molar-refractivity contribution in [3.8, 4) is 0 Å². The Bertz CT molecular complexity index is 387. The summed E-state index contributed by atoms with van der Waals surface area (Å²) in [6, 6.07) is 5.48. The van der Waals surface area contributed by atoms with Crippen LogP contribution in [0.4, 0.5) is 0 Å². The van der Waals surface area contributed by atoms with Gasteiger partial charge in [0, 0.05) is 21.5 Å². The molecule has 0 amide bonds. The summed E-state index contributed by atoms with van der Waals surface area (Å²) in [6.07, 6.45) is 2.65. The fourth-order valence-electron chi connectivity index (χ4n) is 2.27. The molecule has 1 aliphatic rings. The van der Waals surface area contributed by atoms with E-state index in [9.17, 15) is 5.11 Å². The Hall–Kier alpha value is -0.0900. The molecule has 3 N–H and O–H groups in total. The van der Waals surface area contributed by atoms with Gasteiger partial charge < -0.3 is 10.8 Å². The first-order chi connectivity index (χ1) is 7.59. The summed E-state index contributed by atoms with van der Waals surface area (Å²) >= 11 is 9.32. The van der Waals surface area contributed by atoms with E-state index in [1.54, 1.807) is 6.07 Å². The van der Waals surface area contributed by atoms with Gasteiger partial charge in [0.1, 0.15) is 0 Å². The third-order valence-electron chi connectivity index (χ3n) is 3.59. The van der Waals surface area contributed by atoms with E-state index >= 15 is 0 Å². The van der Waals surface area contributed by atoms with Gasteiger partial charge in [-0.15, -0.1) is 0 Å². The van der Waals surface area contributed by atoms with Crippen LogP contribution < -0.4 is 5.73 Å². The maximum absolute atomic E-state index is 10.4. The monoisotopic (exact) mass is 303 g/mol. The van der Waals surface area contributed by atoms with Crippen LogP contribution in [0.25, 0.3) is 0 Å². The van der Waals surface area contributed by atoms with Crippen molar-refractivity contribution in [1.82, 2.24) is 0 Å².